The Hall–Kier alpha value is -1.31. The first kappa shape index (κ1) is 20.4. The highest BCUT2D eigenvalue weighted by atomic mass is 79.9. The molecule has 1 aromatic carbocycles. The summed E-state index contributed by atoms with van der Waals surface area (Å²) in [5.74, 6) is 1.43. The van der Waals surface area contributed by atoms with Gasteiger partial charge in [0, 0.05) is 42.1 Å². The van der Waals surface area contributed by atoms with Crippen molar-refractivity contribution in [3.05, 3.63) is 28.2 Å². The van der Waals surface area contributed by atoms with Gasteiger partial charge in [-0.2, -0.15) is 0 Å². The fourth-order valence-electron chi connectivity index (χ4n) is 3.78. The highest BCUT2D eigenvalue weighted by molar-refractivity contribution is 9.10. The lowest BCUT2D eigenvalue weighted by Gasteiger charge is -2.35. The molecule has 2 aliphatic rings. The average Bonchev–Trinajstić information content (AvgIpc) is 2.66. The van der Waals surface area contributed by atoms with Crippen LogP contribution >= 0.6 is 15.9 Å². The summed E-state index contributed by atoms with van der Waals surface area (Å²) in [4.78, 5) is 15.0. The van der Waals surface area contributed by atoms with Crippen LogP contribution in [0.25, 0.3) is 0 Å². The number of carbonyl (C=O) groups excluding carboxylic acids is 1. The van der Waals surface area contributed by atoms with Gasteiger partial charge in [-0.1, -0.05) is 29.8 Å². The van der Waals surface area contributed by atoms with Crippen LogP contribution in [0.2, 0.25) is 0 Å². The number of amides is 2. The average molecular weight is 440 g/mol. The number of morpholine rings is 1. The van der Waals surface area contributed by atoms with Crippen molar-refractivity contribution < 1.29 is 14.3 Å². The molecule has 2 atom stereocenters. The second-order valence-electron chi connectivity index (χ2n) is 7.66. The van der Waals surface area contributed by atoms with Gasteiger partial charge in [-0.25, -0.2) is 4.79 Å². The summed E-state index contributed by atoms with van der Waals surface area (Å²) < 4.78 is 12.2. The van der Waals surface area contributed by atoms with Crippen LogP contribution in [0.4, 0.5) is 4.79 Å². The minimum Gasteiger partial charge on any atom is -0.493 e. The fraction of sp³-hybridized carbons (Fsp3) is 0.650. The summed E-state index contributed by atoms with van der Waals surface area (Å²) in [6.07, 6.45) is 1.84. The molecule has 3 rings (SSSR count). The Bertz CT molecular complexity index is 635. The summed E-state index contributed by atoms with van der Waals surface area (Å²) in [6, 6.07) is 6.13. The van der Waals surface area contributed by atoms with E-state index >= 15 is 0 Å². The maximum absolute atomic E-state index is 12.6. The Labute approximate surface area is 170 Å². The minimum absolute atomic E-state index is 0.0295. The SMILES string of the molecule is CC(C)CC(CNC(=O)NC1CCOc2ccc(Br)cc21)N1CCOCC1. The van der Waals surface area contributed by atoms with Crippen LogP contribution in [-0.2, 0) is 4.74 Å². The highest BCUT2D eigenvalue weighted by Crippen LogP contribution is 2.34. The van der Waals surface area contributed by atoms with E-state index in [4.69, 9.17) is 9.47 Å². The first-order valence-corrected chi connectivity index (χ1v) is 10.6. The van der Waals surface area contributed by atoms with Gasteiger partial charge in [0.1, 0.15) is 5.75 Å². The second kappa shape index (κ2) is 9.75. The van der Waals surface area contributed by atoms with E-state index in [1.165, 1.54) is 0 Å². The zero-order chi connectivity index (χ0) is 19.2. The van der Waals surface area contributed by atoms with E-state index in [9.17, 15) is 4.79 Å². The molecule has 1 saturated heterocycles. The van der Waals surface area contributed by atoms with Gasteiger partial charge in [0.25, 0.3) is 0 Å². The summed E-state index contributed by atoms with van der Waals surface area (Å²) in [5.41, 5.74) is 1.03. The Morgan fingerprint density at radius 2 is 2.07 bits per heavy atom. The van der Waals surface area contributed by atoms with Crippen molar-refractivity contribution >= 4 is 22.0 Å². The third kappa shape index (κ3) is 5.83. The van der Waals surface area contributed by atoms with Crippen LogP contribution in [0.3, 0.4) is 0 Å². The molecule has 1 aromatic rings. The van der Waals surface area contributed by atoms with Crippen LogP contribution in [-0.4, -0.2) is 56.4 Å². The topological polar surface area (TPSA) is 62.8 Å². The van der Waals surface area contributed by atoms with Crippen LogP contribution in [0.5, 0.6) is 5.75 Å². The largest absolute Gasteiger partial charge is 0.493 e. The molecule has 0 bridgehead atoms. The Morgan fingerprint density at radius 3 is 2.81 bits per heavy atom. The monoisotopic (exact) mass is 439 g/mol. The highest BCUT2D eigenvalue weighted by Gasteiger charge is 2.25. The van der Waals surface area contributed by atoms with Crippen LogP contribution in [0, 0.1) is 5.92 Å². The molecule has 7 heteroatoms. The molecule has 1 fully saturated rings. The number of hydrogen-bond donors (Lipinski definition) is 2. The lowest BCUT2D eigenvalue weighted by molar-refractivity contribution is 0.0129. The van der Waals surface area contributed by atoms with Crippen molar-refractivity contribution in [2.24, 2.45) is 5.92 Å². The second-order valence-corrected chi connectivity index (χ2v) is 8.57. The van der Waals surface area contributed by atoms with Crippen LogP contribution in [0.15, 0.2) is 22.7 Å². The van der Waals surface area contributed by atoms with Gasteiger partial charge < -0.3 is 20.1 Å². The fourth-order valence-corrected chi connectivity index (χ4v) is 4.16. The van der Waals surface area contributed by atoms with Gasteiger partial charge in [-0.3, -0.25) is 4.90 Å². The zero-order valence-corrected chi connectivity index (χ0v) is 17.8. The molecule has 2 amide bonds. The van der Waals surface area contributed by atoms with Crippen molar-refractivity contribution in [2.45, 2.75) is 38.8 Å². The molecule has 0 saturated carbocycles. The number of benzene rings is 1. The smallest absolute Gasteiger partial charge is 0.315 e. The quantitative estimate of drug-likeness (QED) is 0.713. The van der Waals surface area contributed by atoms with E-state index in [2.05, 4.69) is 45.3 Å². The van der Waals surface area contributed by atoms with Crippen molar-refractivity contribution in [2.75, 3.05) is 39.5 Å². The zero-order valence-electron chi connectivity index (χ0n) is 16.2. The van der Waals surface area contributed by atoms with E-state index < -0.39 is 0 Å². The number of halogens is 1. The van der Waals surface area contributed by atoms with Crippen molar-refractivity contribution in [1.82, 2.24) is 15.5 Å². The van der Waals surface area contributed by atoms with Gasteiger partial charge in [0.05, 0.1) is 25.9 Å². The summed E-state index contributed by atoms with van der Waals surface area (Å²) >= 11 is 3.50. The predicted octanol–water partition coefficient (Wildman–Crippen LogP) is 3.32. The summed E-state index contributed by atoms with van der Waals surface area (Å²) in [5, 5.41) is 6.21. The van der Waals surface area contributed by atoms with Gasteiger partial charge in [-0.15, -0.1) is 0 Å². The summed E-state index contributed by atoms with van der Waals surface area (Å²) in [7, 11) is 0. The third-order valence-electron chi connectivity index (χ3n) is 5.12. The minimum atomic E-state index is -0.116. The number of nitrogens with zero attached hydrogens (tertiary/aromatic N) is 1. The van der Waals surface area contributed by atoms with E-state index in [1.807, 2.05) is 18.2 Å². The Balaban J connectivity index is 1.56. The van der Waals surface area contributed by atoms with Crippen LogP contribution in [0.1, 0.15) is 38.3 Å². The number of rotatable bonds is 6. The van der Waals surface area contributed by atoms with E-state index in [0.717, 1.165) is 54.9 Å². The number of nitrogens with one attached hydrogen (secondary N) is 2. The number of urea groups is 1. The maximum Gasteiger partial charge on any atom is 0.315 e. The first-order valence-electron chi connectivity index (χ1n) is 9.81. The molecule has 2 heterocycles. The lowest BCUT2D eigenvalue weighted by Crippen LogP contribution is -2.51. The molecular formula is C20H30BrN3O3. The molecule has 2 unspecified atom stereocenters. The molecular weight excluding hydrogens is 410 g/mol. The Morgan fingerprint density at radius 1 is 1.30 bits per heavy atom. The molecule has 0 aliphatic carbocycles. The van der Waals surface area contributed by atoms with Crippen molar-refractivity contribution in [1.29, 1.82) is 0 Å². The van der Waals surface area contributed by atoms with Gasteiger partial charge in [-0.05, 0) is 30.5 Å². The molecule has 150 valence electrons. The first-order chi connectivity index (χ1) is 13.0. The Kier molecular flexibility index (Phi) is 7.38. The van der Waals surface area contributed by atoms with Gasteiger partial charge >= 0.3 is 6.03 Å². The van der Waals surface area contributed by atoms with E-state index in [-0.39, 0.29) is 12.1 Å². The van der Waals surface area contributed by atoms with E-state index in [0.29, 0.717) is 25.1 Å². The van der Waals surface area contributed by atoms with Gasteiger partial charge in [0.15, 0.2) is 0 Å². The number of hydrogen-bond acceptors (Lipinski definition) is 4. The van der Waals surface area contributed by atoms with Crippen molar-refractivity contribution in [3.8, 4) is 5.75 Å². The normalized spacial score (nSPS) is 21.3. The van der Waals surface area contributed by atoms with E-state index in [1.54, 1.807) is 0 Å². The molecule has 2 aliphatic heterocycles. The van der Waals surface area contributed by atoms with Crippen LogP contribution < -0.4 is 15.4 Å². The molecule has 6 nitrogen and oxygen atoms in total. The molecule has 27 heavy (non-hydrogen) atoms. The summed E-state index contributed by atoms with van der Waals surface area (Å²) in [6.45, 7) is 9.13. The van der Waals surface area contributed by atoms with Crippen molar-refractivity contribution in [3.63, 3.8) is 0 Å². The number of fused-ring (bicyclic) bond motifs is 1. The molecule has 0 aromatic heterocycles. The number of ether oxygens (including phenoxy) is 2. The number of carbonyl (C=O) groups is 1. The third-order valence-corrected chi connectivity index (χ3v) is 5.61. The lowest BCUT2D eigenvalue weighted by atomic mass is 10.0. The standard InChI is InChI=1S/C20H30BrN3O3/c1-14(2)11-16(24-6-9-26-10-7-24)13-22-20(25)23-18-5-8-27-19-4-3-15(21)12-17(18)19/h3-4,12,14,16,18H,5-11,13H2,1-2H3,(H2,22,23,25). The molecule has 2 N–H and O–H groups in total. The predicted molar refractivity (Wildman–Crippen MR) is 109 cm³/mol. The van der Waals surface area contributed by atoms with Gasteiger partial charge in [0.2, 0.25) is 0 Å². The molecule has 0 radical (unpaired) electrons. The maximum atomic E-state index is 12.6. The molecule has 0 spiro atoms.